The van der Waals surface area contributed by atoms with Crippen molar-refractivity contribution in [2.24, 2.45) is 10.9 Å². The van der Waals surface area contributed by atoms with E-state index >= 15 is 0 Å². The number of amidine groups is 1. The Bertz CT molecular complexity index is 328. The molecule has 1 aliphatic rings. The average molecular weight is 243 g/mol. The van der Waals surface area contributed by atoms with Gasteiger partial charge in [0.15, 0.2) is 0 Å². The fraction of sp³-hybridized carbons (Fsp3) is 0.700. The van der Waals surface area contributed by atoms with Crippen molar-refractivity contribution < 1.29 is 9.59 Å². The molecule has 0 spiro atoms. The maximum atomic E-state index is 11.7. The highest BCUT2D eigenvalue weighted by atomic mass is 32.2. The lowest BCUT2D eigenvalue weighted by atomic mass is 10.0. The third-order valence-corrected chi connectivity index (χ3v) is 3.26. The molecule has 5 nitrogen and oxygen atoms in total. The van der Waals surface area contributed by atoms with E-state index in [0.717, 1.165) is 0 Å². The SMILES string of the molecule is CNC(=O)[C@H](C(C)C)N(C)C1=NC(=O)SC1. The molecule has 0 radical (unpaired) electrons. The van der Waals surface area contributed by atoms with Crippen LogP contribution in [0.5, 0.6) is 0 Å². The molecule has 0 aromatic rings. The predicted molar refractivity (Wildman–Crippen MR) is 65.7 cm³/mol. The molecule has 1 atom stereocenters. The molecule has 0 saturated carbocycles. The fourth-order valence-corrected chi connectivity index (χ4v) is 2.40. The molecule has 1 rings (SSSR count). The first-order valence-electron chi connectivity index (χ1n) is 5.16. The largest absolute Gasteiger partial charge is 0.357 e. The summed E-state index contributed by atoms with van der Waals surface area (Å²) in [6.07, 6.45) is 0. The number of rotatable bonds is 3. The van der Waals surface area contributed by atoms with Crippen LogP contribution in [0.15, 0.2) is 4.99 Å². The Balaban J connectivity index is 2.83. The molecule has 16 heavy (non-hydrogen) atoms. The summed E-state index contributed by atoms with van der Waals surface area (Å²) in [5.74, 6) is 1.34. The molecule has 6 heteroatoms. The number of carbonyl (C=O) groups excluding carboxylic acids is 2. The van der Waals surface area contributed by atoms with Crippen molar-refractivity contribution in [3.8, 4) is 0 Å². The van der Waals surface area contributed by atoms with Gasteiger partial charge >= 0.3 is 5.24 Å². The van der Waals surface area contributed by atoms with Gasteiger partial charge in [-0.1, -0.05) is 25.6 Å². The summed E-state index contributed by atoms with van der Waals surface area (Å²) in [6, 6.07) is -0.282. The number of amides is 2. The van der Waals surface area contributed by atoms with Gasteiger partial charge in [0.1, 0.15) is 11.9 Å². The Morgan fingerprint density at radius 2 is 2.19 bits per heavy atom. The lowest BCUT2D eigenvalue weighted by Gasteiger charge is -2.30. The monoisotopic (exact) mass is 243 g/mol. The number of hydrogen-bond acceptors (Lipinski definition) is 4. The van der Waals surface area contributed by atoms with Crippen LogP contribution in [0.4, 0.5) is 4.79 Å². The lowest BCUT2D eigenvalue weighted by Crippen LogP contribution is -2.49. The van der Waals surface area contributed by atoms with E-state index in [9.17, 15) is 9.59 Å². The number of aliphatic imine (C=N–C) groups is 1. The van der Waals surface area contributed by atoms with Crippen LogP contribution in [-0.2, 0) is 4.79 Å². The van der Waals surface area contributed by atoms with E-state index < -0.39 is 0 Å². The minimum atomic E-state index is -0.282. The minimum absolute atomic E-state index is 0.0513. The smallest absolute Gasteiger partial charge is 0.306 e. The predicted octanol–water partition coefficient (Wildman–Crippen LogP) is 0.954. The summed E-state index contributed by atoms with van der Waals surface area (Å²) in [5, 5.41) is 2.46. The second-order valence-corrected chi connectivity index (χ2v) is 4.92. The van der Waals surface area contributed by atoms with Crippen LogP contribution in [0.2, 0.25) is 0 Å². The Hall–Kier alpha value is -1.04. The lowest BCUT2D eigenvalue weighted by molar-refractivity contribution is -0.125. The summed E-state index contributed by atoms with van der Waals surface area (Å²) in [5.41, 5.74) is 0. The van der Waals surface area contributed by atoms with E-state index in [1.165, 1.54) is 11.8 Å². The van der Waals surface area contributed by atoms with Gasteiger partial charge in [0.05, 0.1) is 5.75 Å². The van der Waals surface area contributed by atoms with Gasteiger partial charge in [0, 0.05) is 14.1 Å². The van der Waals surface area contributed by atoms with Gasteiger partial charge in [-0.05, 0) is 5.92 Å². The number of nitrogens with zero attached hydrogens (tertiary/aromatic N) is 2. The highest BCUT2D eigenvalue weighted by Crippen LogP contribution is 2.19. The highest BCUT2D eigenvalue weighted by molar-refractivity contribution is 8.14. The Morgan fingerprint density at radius 3 is 2.56 bits per heavy atom. The molecule has 0 unspecified atom stereocenters. The first kappa shape index (κ1) is 13.0. The molecule has 1 heterocycles. The van der Waals surface area contributed by atoms with E-state index in [-0.39, 0.29) is 23.1 Å². The van der Waals surface area contributed by atoms with Crippen molar-refractivity contribution in [2.45, 2.75) is 19.9 Å². The van der Waals surface area contributed by atoms with Crippen molar-refractivity contribution >= 4 is 28.7 Å². The molecular weight excluding hydrogens is 226 g/mol. The zero-order chi connectivity index (χ0) is 12.3. The quantitative estimate of drug-likeness (QED) is 0.802. The van der Waals surface area contributed by atoms with Crippen LogP contribution in [0.3, 0.4) is 0 Å². The summed E-state index contributed by atoms with van der Waals surface area (Å²) in [6.45, 7) is 3.95. The number of thioether (sulfide) groups is 1. The maximum Gasteiger partial charge on any atom is 0.306 e. The number of hydrogen-bond donors (Lipinski definition) is 1. The van der Waals surface area contributed by atoms with Crippen molar-refractivity contribution in [3.05, 3.63) is 0 Å². The van der Waals surface area contributed by atoms with Gasteiger partial charge in [0.2, 0.25) is 5.91 Å². The fourth-order valence-electron chi connectivity index (χ4n) is 1.71. The van der Waals surface area contributed by atoms with Crippen molar-refractivity contribution in [1.29, 1.82) is 0 Å². The molecule has 0 bridgehead atoms. The number of carbonyl (C=O) groups is 2. The normalized spacial score (nSPS) is 17.3. The number of likely N-dealkylation sites (N-methyl/N-ethyl adjacent to an activating group) is 2. The van der Waals surface area contributed by atoms with E-state index in [0.29, 0.717) is 11.6 Å². The van der Waals surface area contributed by atoms with Gasteiger partial charge in [-0.15, -0.1) is 0 Å². The molecule has 0 aliphatic carbocycles. The first-order valence-corrected chi connectivity index (χ1v) is 6.14. The summed E-state index contributed by atoms with van der Waals surface area (Å²) in [4.78, 5) is 28.5. The third-order valence-electron chi connectivity index (χ3n) is 2.52. The molecule has 90 valence electrons. The van der Waals surface area contributed by atoms with Crippen molar-refractivity contribution in [1.82, 2.24) is 10.2 Å². The molecule has 0 saturated heterocycles. The second-order valence-electron chi connectivity index (χ2n) is 4.00. The maximum absolute atomic E-state index is 11.7. The standard InChI is InChI=1S/C10H17N3O2S/c1-6(2)8(9(14)11-3)13(4)7-5-16-10(15)12-7/h6,8H,5H2,1-4H3,(H,11,14)/t8-/m0/s1. The van der Waals surface area contributed by atoms with E-state index in [1.807, 2.05) is 13.8 Å². The van der Waals surface area contributed by atoms with Crippen molar-refractivity contribution in [2.75, 3.05) is 19.8 Å². The van der Waals surface area contributed by atoms with Gasteiger partial charge in [0.25, 0.3) is 0 Å². The first-order chi connectivity index (χ1) is 7.47. The van der Waals surface area contributed by atoms with Crippen LogP contribution < -0.4 is 5.32 Å². The summed E-state index contributed by atoms with van der Waals surface area (Å²) >= 11 is 1.17. The molecule has 0 aromatic heterocycles. The number of nitrogens with one attached hydrogen (secondary N) is 1. The van der Waals surface area contributed by atoms with Crippen LogP contribution in [0.1, 0.15) is 13.8 Å². The van der Waals surface area contributed by atoms with Crippen LogP contribution >= 0.6 is 11.8 Å². The summed E-state index contributed by atoms with van der Waals surface area (Å²) < 4.78 is 0. The van der Waals surface area contributed by atoms with E-state index in [2.05, 4.69) is 10.3 Å². The molecule has 0 aromatic carbocycles. The van der Waals surface area contributed by atoms with Crippen LogP contribution in [0, 0.1) is 5.92 Å². The van der Waals surface area contributed by atoms with Gasteiger partial charge in [-0.2, -0.15) is 4.99 Å². The van der Waals surface area contributed by atoms with Crippen molar-refractivity contribution in [3.63, 3.8) is 0 Å². The van der Waals surface area contributed by atoms with Gasteiger partial charge in [-0.25, -0.2) is 0 Å². The summed E-state index contributed by atoms with van der Waals surface area (Å²) in [7, 11) is 3.42. The van der Waals surface area contributed by atoms with Gasteiger partial charge < -0.3 is 10.2 Å². The topological polar surface area (TPSA) is 61.8 Å². The second kappa shape index (κ2) is 5.34. The molecule has 0 fully saturated rings. The third kappa shape index (κ3) is 2.75. The Kier molecular flexibility index (Phi) is 4.35. The van der Waals surface area contributed by atoms with Gasteiger partial charge in [-0.3, -0.25) is 9.59 Å². The Labute approximate surface area is 99.7 Å². The molecule has 1 N–H and O–H groups in total. The average Bonchev–Trinajstić information content (AvgIpc) is 2.64. The zero-order valence-electron chi connectivity index (χ0n) is 9.98. The minimum Gasteiger partial charge on any atom is -0.357 e. The van der Waals surface area contributed by atoms with Crippen LogP contribution in [-0.4, -0.2) is 47.8 Å². The molecule has 1 aliphatic heterocycles. The highest BCUT2D eigenvalue weighted by Gasteiger charge is 2.30. The Morgan fingerprint density at radius 1 is 1.56 bits per heavy atom. The van der Waals surface area contributed by atoms with E-state index in [4.69, 9.17) is 0 Å². The molecule has 2 amide bonds. The zero-order valence-corrected chi connectivity index (χ0v) is 10.8. The molecular formula is C10H17N3O2S. The van der Waals surface area contributed by atoms with E-state index in [1.54, 1.807) is 19.0 Å². The van der Waals surface area contributed by atoms with Crippen LogP contribution in [0.25, 0.3) is 0 Å².